The molecule has 0 amide bonds. The highest BCUT2D eigenvalue weighted by Gasteiger charge is 2.34. The number of nitrogens with one attached hydrogen (secondary N) is 1. The number of methoxy groups -OCH3 is 1. The summed E-state index contributed by atoms with van der Waals surface area (Å²) in [5.41, 5.74) is -0.0720. The molecule has 1 aromatic heterocycles. The van der Waals surface area contributed by atoms with Gasteiger partial charge in [0.05, 0.1) is 18.5 Å². The zero-order valence-electron chi connectivity index (χ0n) is 20.2. The van der Waals surface area contributed by atoms with Crippen molar-refractivity contribution in [2.45, 2.75) is 19.0 Å². The van der Waals surface area contributed by atoms with E-state index in [9.17, 15) is 27.2 Å². The van der Waals surface area contributed by atoms with Crippen LogP contribution in [0.25, 0.3) is 17.0 Å². The van der Waals surface area contributed by atoms with Gasteiger partial charge in [0, 0.05) is 55.3 Å². The van der Waals surface area contributed by atoms with Crippen molar-refractivity contribution >= 4 is 22.9 Å². The molecule has 6 nitrogen and oxygen atoms in total. The van der Waals surface area contributed by atoms with Gasteiger partial charge in [0.15, 0.2) is 0 Å². The highest BCUT2D eigenvalue weighted by atomic mass is 19.1. The second kappa shape index (κ2) is 11.7. The first-order chi connectivity index (χ1) is 17.8. The zero-order valence-corrected chi connectivity index (χ0v) is 20.2. The molecule has 0 unspecified atom stereocenters. The van der Waals surface area contributed by atoms with Crippen molar-refractivity contribution in [1.82, 2.24) is 14.8 Å². The first-order valence-electron chi connectivity index (χ1n) is 11.9. The number of carbonyl (C=O) groups is 1. The number of rotatable bonds is 8. The third-order valence-corrected chi connectivity index (χ3v) is 6.62. The summed E-state index contributed by atoms with van der Waals surface area (Å²) >= 11 is 0. The molecule has 196 valence electrons. The van der Waals surface area contributed by atoms with Crippen LogP contribution in [0.5, 0.6) is 0 Å². The molecule has 3 aromatic rings. The lowest BCUT2D eigenvalue weighted by atomic mass is 9.92. The Morgan fingerprint density at radius 3 is 2.65 bits per heavy atom. The Labute approximate surface area is 211 Å². The molecule has 10 heteroatoms. The summed E-state index contributed by atoms with van der Waals surface area (Å²) in [5.74, 6) is -3.47. The number of benzene rings is 2. The fraction of sp³-hybridized carbons (Fsp3) is 0.333. The number of pyridine rings is 1. The van der Waals surface area contributed by atoms with Crippen LogP contribution >= 0.6 is 0 Å². The molecule has 1 N–H and O–H groups in total. The van der Waals surface area contributed by atoms with Crippen molar-refractivity contribution in [2.75, 3.05) is 33.3 Å². The van der Waals surface area contributed by atoms with E-state index in [2.05, 4.69) is 5.32 Å². The molecular weight excluding hydrogens is 490 g/mol. The normalized spacial score (nSPS) is 18.5. The minimum absolute atomic E-state index is 0.129. The number of hydrogen-bond donors (Lipinski definition) is 1. The number of likely N-dealkylation sites (tertiary alicyclic amines) is 1. The molecule has 2 atom stereocenters. The van der Waals surface area contributed by atoms with E-state index in [1.54, 1.807) is 6.08 Å². The molecule has 1 fully saturated rings. The highest BCUT2D eigenvalue weighted by Crippen LogP contribution is 2.21. The van der Waals surface area contributed by atoms with Gasteiger partial charge in [-0.05, 0) is 43.3 Å². The maximum Gasteiger partial charge on any atom is 0.311 e. The monoisotopic (exact) mass is 517 g/mol. The predicted octanol–water partition coefficient (Wildman–Crippen LogP) is 3.72. The number of nitrogens with zero attached hydrogens (tertiary/aromatic N) is 2. The van der Waals surface area contributed by atoms with E-state index < -0.39 is 35.2 Å². The van der Waals surface area contributed by atoms with E-state index in [4.69, 9.17) is 4.74 Å². The quantitative estimate of drug-likeness (QED) is 0.365. The Morgan fingerprint density at radius 2 is 1.86 bits per heavy atom. The van der Waals surface area contributed by atoms with Gasteiger partial charge in [-0.3, -0.25) is 9.59 Å². The van der Waals surface area contributed by atoms with Crippen LogP contribution in [0.1, 0.15) is 12.0 Å². The van der Waals surface area contributed by atoms with Gasteiger partial charge in [0.25, 0.3) is 5.56 Å². The van der Waals surface area contributed by atoms with Crippen LogP contribution in [0.2, 0.25) is 0 Å². The highest BCUT2D eigenvalue weighted by molar-refractivity contribution is 5.79. The summed E-state index contributed by atoms with van der Waals surface area (Å²) in [5, 5.41) is 3.42. The molecule has 37 heavy (non-hydrogen) atoms. The summed E-state index contributed by atoms with van der Waals surface area (Å²) in [6, 6.07) is 7.50. The standard InChI is InChI=1S/C27H27F4N3O3/c1-37-27(36)21-16-33(10-8-24(21)32-9-2-3-17-13-18(28)4-6-22(17)30)11-12-34-25-15-19(29)14-23(31)20(25)5-7-26(34)35/h2-7,13-15,21,24,32H,8-12,16H2,1H3/b3-2+/t21-,24-/m1/s1. The topological polar surface area (TPSA) is 63.6 Å². The second-order valence-corrected chi connectivity index (χ2v) is 8.95. The van der Waals surface area contributed by atoms with Gasteiger partial charge < -0.3 is 19.5 Å². The summed E-state index contributed by atoms with van der Waals surface area (Å²) in [4.78, 5) is 27.0. The van der Waals surface area contributed by atoms with Crippen LogP contribution in [-0.2, 0) is 16.1 Å². The van der Waals surface area contributed by atoms with E-state index in [1.165, 1.54) is 29.9 Å². The van der Waals surface area contributed by atoms with Crippen LogP contribution in [0.3, 0.4) is 0 Å². The molecule has 0 radical (unpaired) electrons. The molecule has 0 aliphatic carbocycles. The third-order valence-electron chi connectivity index (χ3n) is 6.62. The number of ether oxygens (including phenoxy) is 1. The van der Waals surface area contributed by atoms with E-state index in [0.717, 1.165) is 30.3 Å². The minimum Gasteiger partial charge on any atom is -0.469 e. The number of piperidine rings is 1. The summed E-state index contributed by atoms with van der Waals surface area (Å²) in [6.45, 7) is 1.87. The van der Waals surface area contributed by atoms with Gasteiger partial charge in [0.2, 0.25) is 0 Å². The summed E-state index contributed by atoms with van der Waals surface area (Å²) in [6.07, 6.45) is 3.72. The molecule has 4 rings (SSSR count). The number of aromatic nitrogens is 1. The lowest BCUT2D eigenvalue weighted by Gasteiger charge is -2.37. The van der Waals surface area contributed by atoms with Crippen molar-refractivity contribution in [3.05, 3.63) is 87.7 Å². The lowest BCUT2D eigenvalue weighted by Crippen LogP contribution is -2.53. The van der Waals surface area contributed by atoms with Crippen molar-refractivity contribution < 1.29 is 27.1 Å². The molecular formula is C27H27F4N3O3. The fourth-order valence-electron chi connectivity index (χ4n) is 4.70. The smallest absolute Gasteiger partial charge is 0.311 e. The van der Waals surface area contributed by atoms with Crippen LogP contribution in [0, 0.1) is 29.2 Å². The summed E-state index contributed by atoms with van der Waals surface area (Å²) in [7, 11) is 1.31. The van der Waals surface area contributed by atoms with Crippen LogP contribution in [0.15, 0.2) is 53.3 Å². The van der Waals surface area contributed by atoms with Crippen molar-refractivity contribution in [3.63, 3.8) is 0 Å². The average Bonchev–Trinajstić information content (AvgIpc) is 2.87. The van der Waals surface area contributed by atoms with E-state index in [1.807, 2.05) is 4.90 Å². The van der Waals surface area contributed by atoms with Crippen molar-refractivity contribution in [1.29, 1.82) is 0 Å². The minimum atomic E-state index is -0.767. The lowest BCUT2D eigenvalue weighted by molar-refractivity contribution is -0.148. The molecule has 1 saturated heterocycles. The Balaban J connectivity index is 1.40. The number of fused-ring (bicyclic) bond motifs is 1. The van der Waals surface area contributed by atoms with Crippen molar-refractivity contribution in [3.8, 4) is 0 Å². The van der Waals surface area contributed by atoms with E-state index in [-0.39, 0.29) is 34.6 Å². The number of hydrogen-bond acceptors (Lipinski definition) is 5. The molecule has 0 saturated carbocycles. The average molecular weight is 518 g/mol. The second-order valence-electron chi connectivity index (χ2n) is 8.95. The summed E-state index contributed by atoms with van der Waals surface area (Å²) < 4.78 is 61.4. The zero-order chi connectivity index (χ0) is 26.5. The first-order valence-corrected chi connectivity index (χ1v) is 11.9. The van der Waals surface area contributed by atoms with E-state index in [0.29, 0.717) is 32.6 Å². The van der Waals surface area contributed by atoms with Crippen molar-refractivity contribution in [2.24, 2.45) is 5.92 Å². The maximum atomic E-state index is 14.2. The van der Waals surface area contributed by atoms with Gasteiger partial charge in [-0.2, -0.15) is 0 Å². The Bertz CT molecular complexity index is 1370. The largest absolute Gasteiger partial charge is 0.469 e. The molecule has 2 heterocycles. The van der Waals surface area contributed by atoms with E-state index >= 15 is 0 Å². The van der Waals surface area contributed by atoms with Gasteiger partial charge >= 0.3 is 5.97 Å². The molecule has 1 aliphatic rings. The van der Waals surface area contributed by atoms with Crippen LogP contribution < -0.4 is 10.9 Å². The first kappa shape index (κ1) is 26.6. The maximum absolute atomic E-state index is 14.2. The molecule has 1 aliphatic heterocycles. The van der Waals surface area contributed by atoms with Crippen LogP contribution in [-0.4, -0.2) is 54.8 Å². The molecule has 2 aromatic carbocycles. The van der Waals surface area contributed by atoms with Gasteiger partial charge in [-0.15, -0.1) is 0 Å². The Kier molecular flexibility index (Phi) is 8.40. The van der Waals surface area contributed by atoms with Crippen LogP contribution in [0.4, 0.5) is 17.6 Å². The third kappa shape index (κ3) is 6.26. The van der Waals surface area contributed by atoms with Gasteiger partial charge in [0.1, 0.15) is 23.3 Å². The molecule has 0 spiro atoms. The molecule has 0 bridgehead atoms. The fourth-order valence-corrected chi connectivity index (χ4v) is 4.70. The predicted molar refractivity (Wildman–Crippen MR) is 132 cm³/mol. The van der Waals surface area contributed by atoms with Gasteiger partial charge in [-0.25, -0.2) is 17.6 Å². The van der Waals surface area contributed by atoms with Gasteiger partial charge in [-0.1, -0.05) is 12.2 Å². The Hall–Kier alpha value is -3.50. The SMILES string of the molecule is COC(=O)[C@@H]1CN(CCn2c(=O)ccc3c(F)cc(F)cc32)CC[C@H]1NC/C=C/c1cc(F)ccc1F. The number of esters is 1. The number of halogens is 4. The Morgan fingerprint density at radius 1 is 1.05 bits per heavy atom. The number of carbonyl (C=O) groups excluding carboxylic acids is 1.